The molecule has 0 aliphatic carbocycles. The maximum absolute atomic E-state index is 12.2. The van der Waals surface area contributed by atoms with Gasteiger partial charge in [0.25, 0.3) is 6.43 Å². The molecule has 0 aromatic carbocycles. The standard InChI is InChI=1S/C7H8F2N2O2/c1-13-4-2-3(6(8)9)5(12)7(10)11-4/h2,6,12H,1H3,(H2,10,11). The minimum Gasteiger partial charge on any atom is -0.504 e. The molecule has 0 unspecified atom stereocenters. The number of nitrogens with zero attached hydrogens (tertiary/aromatic N) is 1. The van der Waals surface area contributed by atoms with E-state index in [4.69, 9.17) is 10.8 Å². The zero-order chi connectivity index (χ0) is 10.0. The number of halogens is 2. The SMILES string of the molecule is COc1cc(C(F)F)c(O)c(N)n1. The lowest BCUT2D eigenvalue weighted by molar-refractivity contribution is 0.147. The summed E-state index contributed by atoms with van der Waals surface area (Å²) in [5, 5.41) is 9.06. The molecule has 0 fully saturated rings. The summed E-state index contributed by atoms with van der Waals surface area (Å²) in [6.45, 7) is 0. The zero-order valence-electron chi connectivity index (χ0n) is 6.79. The summed E-state index contributed by atoms with van der Waals surface area (Å²) in [7, 11) is 1.27. The Hall–Kier alpha value is -1.59. The average Bonchev–Trinajstić information content (AvgIpc) is 2.09. The van der Waals surface area contributed by atoms with E-state index in [1.807, 2.05) is 0 Å². The van der Waals surface area contributed by atoms with Gasteiger partial charge in [0.2, 0.25) is 5.88 Å². The summed E-state index contributed by atoms with van der Waals surface area (Å²) < 4.78 is 29.1. The third kappa shape index (κ3) is 1.77. The van der Waals surface area contributed by atoms with Gasteiger partial charge in [0.05, 0.1) is 12.7 Å². The number of methoxy groups -OCH3 is 1. The van der Waals surface area contributed by atoms with Gasteiger partial charge in [-0.1, -0.05) is 0 Å². The Balaban J connectivity index is 3.25. The fourth-order valence-corrected chi connectivity index (χ4v) is 0.824. The van der Waals surface area contributed by atoms with Crippen molar-refractivity contribution in [2.45, 2.75) is 6.43 Å². The molecule has 0 amide bonds. The van der Waals surface area contributed by atoms with Crippen molar-refractivity contribution in [2.75, 3.05) is 12.8 Å². The number of hydrogen-bond acceptors (Lipinski definition) is 4. The minimum atomic E-state index is -2.81. The van der Waals surface area contributed by atoms with Crippen LogP contribution in [0.15, 0.2) is 6.07 Å². The number of anilines is 1. The van der Waals surface area contributed by atoms with Crippen molar-refractivity contribution >= 4 is 5.82 Å². The van der Waals surface area contributed by atoms with Gasteiger partial charge >= 0.3 is 0 Å². The predicted molar refractivity (Wildman–Crippen MR) is 41.8 cm³/mol. The first kappa shape index (κ1) is 9.50. The summed E-state index contributed by atoms with van der Waals surface area (Å²) in [6, 6.07) is 0.941. The topological polar surface area (TPSA) is 68.4 Å². The molecule has 1 aromatic heterocycles. The van der Waals surface area contributed by atoms with Crippen molar-refractivity contribution in [1.29, 1.82) is 0 Å². The Morgan fingerprint density at radius 1 is 1.62 bits per heavy atom. The molecule has 0 radical (unpaired) electrons. The van der Waals surface area contributed by atoms with Crippen molar-refractivity contribution in [2.24, 2.45) is 0 Å². The molecule has 3 N–H and O–H groups in total. The van der Waals surface area contributed by atoms with Crippen molar-refractivity contribution in [3.05, 3.63) is 11.6 Å². The fourth-order valence-electron chi connectivity index (χ4n) is 0.824. The van der Waals surface area contributed by atoms with Gasteiger partial charge in [0.1, 0.15) is 0 Å². The van der Waals surface area contributed by atoms with Crippen molar-refractivity contribution < 1.29 is 18.6 Å². The second-order valence-electron chi connectivity index (χ2n) is 2.29. The highest BCUT2D eigenvalue weighted by Crippen LogP contribution is 2.33. The molecule has 0 spiro atoms. The van der Waals surface area contributed by atoms with Gasteiger partial charge in [-0.2, -0.15) is 4.98 Å². The van der Waals surface area contributed by atoms with Crippen LogP contribution in [-0.2, 0) is 0 Å². The number of alkyl halides is 2. The number of rotatable bonds is 2. The molecule has 0 saturated carbocycles. The fraction of sp³-hybridized carbons (Fsp3) is 0.286. The van der Waals surface area contributed by atoms with Gasteiger partial charge in [-0.05, 0) is 0 Å². The van der Waals surface area contributed by atoms with Gasteiger partial charge in [0, 0.05) is 6.07 Å². The van der Waals surface area contributed by atoms with Gasteiger partial charge < -0.3 is 15.6 Å². The van der Waals surface area contributed by atoms with Crippen LogP contribution in [0.5, 0.6) is 11.6 Å². The minimum absolute atomic E-state index is 0.0504. The van der Waals surface area contributed by atoms with Crippen LogP contribution in [-0.4, -0.2) is 17.2 Å². The smallest absolute Gasteiger partial charge is 0.267 e. The molecular weight excluding hydrogens is 182 g/mol. The van der Waals surface area contributed by atoms with Crippen LogP contribution in [0.25, 0.3) is 0 Å². The summed E-state index contributed by atoms with van der Waals surface area (Å²) in [5.41, 5.74) is 4.58. The lowest BCUT2D eigenvalue weighted by Crippen LogP contribution is -1.98. The second kappa shape index (κ2) is 3.42. The van der Waals surface area contributed by atoms with Crippen LogP contribution >= 0.6 is 0 Å². The quantitative estimate of drug-likeness (QED) is 0.737. The molecule has 6 heteroatoms. The highest BCUT2D eigenvalue weighted by atomic mass is 19.3. The van der Waals surface area contributed by atoms with E-state index in [1.54, 1.807) is 0 Å². The first-order valence-corrected chi connectivity index (χ1v) is 3.37. The van der Waals surface area contributed by atoms with Crippen LogP contribution in [0.1, 0.15) is 12.0 Å². The number of hydrogen-bond donors (Lipinski definition) is 2. The lowest BCUT2D eigenvalue weighted by atomic mass is 10.2. The van der Waals surface area contributed by atoms with Gasteiger partial charge in [-0.25, -0.2) is 8.78 Å². The Kier molecular flexibility index (Phi) is 2.50. The van der Waals surface area contributed by atoms with Gasteiger partial charge in [-0.15, -0.1) is 0 Å². The number of pyridine rings is 1. The number of nitrogens with two attached hydrogens (primary N) is 1. The molecule has 1 aromatic rings. The maximum Gasteiger partial charge on any atom is 0.267 e. The van der Waals surface area contributed by atoms with Crippen LogP contribution in [0.4, 0.5) is 14.6 Å². The molecular formula is C7H8F2N2O2. The second-order valence-corrected chi connectivity index (χ2v) is 2.29. The van der Waals surface area contributed by atoms with E-state index in [2.05, 4.69) is 9.72 Å². The third-order valence-electron chi connectivity index (χ3n) is 1.47. The van der Waals surface area contributed by atoms with E-state index in [9.17, 15) is 8.78 Å². The van der Waals surface area contributed by atoms with Crippen molar-refractivity contribution in [3.63, 3.8) is 0 Å². The molecule has 13 heavy (non-hydrogen) atoms. The highest BCUT2D eigenvalue weighted by Gasteiger charge is 2.17. The van der Waals surface area contributed by atoms with Crippen LogP contribution in [0.3, 0.4) is 0 Å². The first-order valence-electron chi connectivity index (χ1n) is 3.37. The third-order valence-corrected chi connectivity index (χ3v) is 1.47. The molecule has 72 valence electrons. The normalized spacial score (nSPS) is 10.5. The zero-order valence-corrected chi connectivity index (χ0v) is 6.79. The number of ether oxygens (including phenoxy) is 1. The molecule has 0 aliphatic rings. The Bertz CT molecular complexity index is 318. The largest absolute Gasteiger partial charge is 0.504 e. The summed E-state index contributed by atoms with van der Waals surface area (Å²) in [4.78, 5) is 3.51. The Morgan fingerprint density at radius 3 is 2.69 bits per heavy atom. The summed E-state index contributed by atoms with van der Waals surface area (Å²) in [5.74, 6) is -1.11. The molecule has 4 nitrogen and oxygen atoms in total. The molecule has 0 saturated heterocycles. The number of nitrogen functional groups attached to an aromatic ring is 1. The average molecular weight is 190 g/mol. The predicted octanol–water partition coefficient (Wildman–Crippen LogP) is 1.32. The van der Waals surface area contributed by atoms with E-state index in [0.29, 0.717) is 0 Å². The van der Waals surface area contributed by atoms with Crippen molar-refractivity contribution in [1.82, 2.24) is 4.98 Å². The maximum atomic E-state index is 12.2. The Labute approximate surface area is 73.0 Å². The number of aromatic hydroxyl groups is 1. The summed E-state index contributed by atoms with van der Waals surface area (Å²) in [6.07, 6.45) is -2.81. The van der Waals surface area contributed by atoms with Crippen LogP contribution < -0.4 is 10.5 Å². The van der Waals surface area contributed by atoms with Crippen molar-refractivity contribution in [3.8, 4) is 11.6 Å². The van der Waals surface area contributed by atoms with Crippen LogP contribution in [0, 0.1) is 0 Å². The monoisotopic (exact) mass is 190 g/mol. The molecule has 0 bridgehead atoms. The Morgan fingerprint density at radius 2 is 2.23 bits per heavy atom. The van der Waals surface area contributed by atoms with E-state index < -0.39 is 17.7 Å². The highest BCUT2D eigenvalue weighted by molar-refractivity contribution is 5.52. The van der Waals surface area contributed by atoms with E-state index >= 15 is 0 Å². The van der Waals surface area contributed by atoms with Gasteiger partial charge in [0.15, 0.2) is 11.6 Å². The van der Waals surface area contributed by atoms with Gasteiger partial charge in [-0.3, -0.25) is 0 Å². The van der Waals surface area contributed by atoms with E-state index in [-0.39, 0.29) is 11.7 Å². The molecule has 1 heterocycles. The molecule has 0 atom stereocenters. The summed E-state index contributed by atoms with van der Waals surface area (Å²) >= 11 is 0. The van der Waals surface area contributed by atoms with E-state index in [1.165, 1.54) is 7.11 Å². The van der Waals surface area contributed by atoms with Crippen LogP contribution in [0.2, 0.25) is 0 Å². The molecule has 1 rings (SSSR count). The first-order chi connectivity index (χ1) is 6.06. The lowest BCUT2D eigenvalue weighted by Gasteiger charge is -2.07. The van der Waals surface area contributed by atoms with E-state index in [0.717, 1.165) is 6.07 Å². The molecule has 0 aliphatic heterocycles. The number of aromatic nitrogens is 1.